The maximum Gasteiger partial charge on any atom is 0.125 e. The van der Waals surface area contributed by atoms with Gasteiger partial charge >= 0.3 is 0 Å². The maximum atomic E-state index is 13.5. The van der Waals surface area contributed by atoms with Gasteiger partial charge in [-0.25, -0.2) is 4.39 Å². The van der Waals surface area contributed by atoms with E-state index in [0.29, 0.717) is 12.0 Å². The molecule has 2 atom stereocenters. The lowest BCUT2D eigenvalue weighted by Gasteiger charge is -2.30. The molecule has 0 aliphatic carbocycles. The van der Waals surface area contributed by atoms with Crippen LogP contribution in [0, 0.1) is 11.7 Å². The van der Waals surface area contributed by atoms with Crippen LogP contribution in [-0.2, 0) is 11.2 Å². The number of ether oxygens (including phenoxy) is 1. The van der Waals surface area contributed by atoms with E-state index in [9.17, 15) is 4.39 Å². The van der Waals surface area contributed by atoms with Crippen molar-refractivity contribution in [2.75, 3.05) is 37.7 Å². The van der Waals surface area contributed by atoms with Crippen LogP contribution in [-0.4, -0.2) is 38.9 Å². The quantitative estimate of drug-likeness (QED) is 0.872. The molecule has 116 valence electrons. The average Bonchev–Trinajstić information content (AvgIpc) is 3.13. The van der Waals surface area contributed by atoms with Crippen LogP contribution in [0.25, 0.3) is 0 Å². The Hall–Kier alpha value is -1.13. The van der Waals surface area contributed by atoms with Gasteiger partial charge in [0.05, 0.1) is 6.61 Å². The summed E-state index contributed by atoms with van der Waals surface area (Å²) in [6, 6.07) is 5.61. The second-order valence-electron chi connectivity index (χ2n) is 6.15. The van der Waals surface area contributed by atoms with E-state index >= 15 is 0 Å². The van der Waals surface area contributed by atoms with Crippen molar-refractivity contribution < 1.29 is 9.13 Å². The number of nitrogens with zero attached hydrogens (tertiary/aromatic N) is 1. The molecule has 0 saturated carbocycles. The van der Waals surface area contributed by atoms with Gasteiger partial charge in [-0.15, -0.1) is 0 Å². The number of fused-ring (bicyclic) bond motifs is 1. The minimum Gasteiger partial charge on any atom is -0.381 e. The summed E-state index contributed by atoms with van der Waals surface area (Å²) in [6.45, 7) is 6.90. The predicted octanol–water partition coefficient (Wildman–Crippen LogP) is 2.59. The summed E-state index contributed by atoms with van der Waals surface area (Å²) in [5.41, 5.74) is 2.35. The summed E-state index contributed by atoms with van der Waals surface area (Å²) in [5, 5.41) is 3.67. The Morgan fingerprint density at radius 2 is 2.38 bits per heavy atom. The number of nitrogens with one attached hydrogen (secondary N) is 1. The fraction of sp³-hybridized carbons (Fsp3) is 0.647. The summed E-state index contributed by atoms with van der Waals surface area (Å²) in [5.74, 6) is 0.442. The van der Waals surface area contributed by atoms with Crippen molar-refractivity contribution in [1.82, 2.24) is 5.32 Å². The van der Waals surface area contributed by atoms with Gasteiger partial charge in [0.25, 0.3) is 0 Å². The Bertz CT molecular complexity index is 474. The third-order valence-electron chi connectivity index (χ3n) is 4.65. The molecule has 0 bridgehead atoms. The van der Waals surface area contributed by atoms with E-state index in [4.69, 9.17) is 4.74 Å². The van der Waals surface area contributed by atoms with Gasteiger partial charge in [-0.05, 0) is 43.5 Å². The van der Waals surface area contributed by atoms with E-state index in [0.717, 1.165) is 57.8 Å². The first-order chi connectivity index (χ1) is 10.3. The largest absolute Gasteiger partial charge is 0.381 e. The van der Waals surface area contributed by atoms with Crippen LogP contribution in [0.1, 0.15) is 25.3 Å². The first-order valence-corrected chi connectivity index (χ1v) is 8.12. The molecule has 4 heteroatoms. The highest BCUT2D eigenvalue weighted by molar-refractivity contribution is 5.58. The topological polar surface area (TPSA) is 24.5 Å². The summed E-state index contributed by atoms with van der Waals surface area (Å²) < 4.78 is 19.1. The zero-order valence-electron chi connectivity index (χ0n) is 12.8. The number of benzene rings is 1. The Morgan fingerprint density at radius 3 is 3.14 bits per heavy atom. The smallest absolute Gasteiger partial charge is 0.125 e. The maximum absolute atomic E-state index is 13.5. The molecule has 1 aromatic carbocycles. The van der Waals surface area contributed by atoms with Crippen molar-refractivity contribution in [3.05, 3.63) is 29.6 Å². The van der Waals surface area contributed by atoms with Crippen molar-refractivity contribution in [3.8, 4) is 0 Å². The number of rotatable bonds is 6. The summed E-state index contributed by atoms with van der Waals surface area (Å²) in [7, 11) is 0. The van der Waals surface area contributed by atoms with Crippen LogP contribution in [0.15, 0.2) is 18.2 Å². The average molecular weight is 292 g/mol. The lowest BCUT2D eigenvalue weighted by atomic mass is 9.98. The zero-order valence-corrected chi connectivity index (χ0v) is 12.8. The fourth-order valence-corrected chi connectivity index (χ4v) is 3.43. The highest BCUT2D eigenvalue weighted by Gasteiger charge is 2.29. The SMILES string of the molecule is CCCNC(CN1CCc2ccc(F)cc21)C1CCOC1. The lowest BCUT2D eigenvalue weighted by Crippen LogP contribution is -2.46. The van der Waals surface area contributed by atoms with Gasteiger partial charge in [0.2, 0.25) is 0 Å². The van der Waals surface area contributed by atoms with Crippen LogP contribution in [0.4, 0.5) is 10.1 Å². The zero-order chi connectivity index (χ0) is 14.7. The molecule has 2 unspecified atom stereocenters. The lowest BCUT2D eigenvalue weighted by molar-refractivity contribution is 0.177. The minimum atomic E-state index is -0.136. The van der Waals surface area contributed by atoms with E-state index in [1.807, 2.05) is 6.07 Å². The molecule has 0 aromatic heterocycles. The number of anilines is 1. The molecule has 2 heterocycles. The Labute approximate surface area is 126 Å². The van der Waals surface area contributed by atoms with E-state index < -0.39 is 0 Å². The fourth-order valence-electron chi connectivity index (χ4n) is 3.43. The summed E-state index contributed by atoms with van der Waals surface area (Å²) in [6.07, 6.45) is 3.29. The second-order valence-corrected chi connectivity index (χ2v) is 6.15. The molecule has 0 radical (unpaired) electrons. The normalized spacial score (nSPS) is 22.6. The summed E-state index contributed by atoms with van der Waals surface area (Å²) in [4.78, 5) is 2.34. The first kappa shape index (κ1) is 14.8. The molecule has 1 saturated heterocycles. The van der Waals surface area contributed by atoms with Crippen molar-refractivity contribution >= 4 is 5.69 Å². The second kappa shape index (κ2) is 6.75. The van der Waals surface area contributed by atoms with Crippen molar-refractivity contribution in [3.63, 3.8) is 0 Å². The van der Waals surface area contributed by atoms with E-state index in [2.05, 4.69) is 17.1 Å². The standard InChI is InChI=1S/C17H25FN2O/c1-2-7-19-16(14-6-9-21-12-14)11-20-8-5-13-3-4-15(18)10-17(13)20/h3-4,10,14,16,19H,2,5-9,11-12H2,1H3. The van der Waals surface area contributed by atoms with Gasteiger partial charge in [0.15, 0.2) is 0 Å². The van der Waals surface area contributed by atoms with Crippen LogP contribution in [0.3, 0.4) is 0 Å². The third-order valence-corrected chi connectivity index (χ3v) is 4.65. The Kier molecular flexibility index (Phi) is 4.76. The van der Waals surface area contributed by atoms with Crippen LogP contribution < -0.4 is 10.2 Å². The van der Waals surface area contributed by atoms with E-state index in [-0.39, 0.29) is 5.82 Å². The van der Waals surface area contributed by atoms with Crippen LogP contribution in [0.5, 0.6) is 0 Å². The van der Waals surface area contributed by atoms with Crippen molar-refractivity contribution in [2.45, 2.75) is 32.2 Å². The predicted molar refractivity (Wildman–Crippen MR) is 83.3 cm³/mol. The van der Waals surface area contributed by atoms with Gasteiger partial charge in [-0.2, -0.15) is 0 Å². The molecule has 2 aliphatic rings. The monoisotopic (exact) mass is 292 g/mol. The van der Waals surface area contributed by atoms with Crippen LogP contribution in [0.2, 0.25) is 0 Å². The molecule has 3 nitrogen and oxygen atoms in total. The highest BCUT2D eigenvalue weighted by atomic mass is 19.1. The minimum absolute atomic E-state index is 0.136. The molecular formula is C17H25FN2O. The van der Waals surface area contributed by atoms with Crippen LogP contribution >= 0.6 is 0 Å². The molecular weight excluding hydrogens is 267 g/mol. The van der Waals surface area contributed by atoms with Crippen molar-refractivity contribution in [1.29, 1.82) is 0 Å². The highest BCUT2D eigenvalue weighted by Crippen LogP contribution is 2.30. The molecule has 2 aliphatic heterocycles. The molecule has 0 amide bonds. The van der Waals surface area contributed by atoms with Gasteiger partial charge in [0, 0.05) is 37.3 Å². The molecule has 0 spiro atoms. The van der Waals surface area contributed by atoms with Crippen molar-refractivity contribution in [2.24, 2.45) is 5.92 Å². The molecule has 21 heavy (non-hydrogen) atoms. The molecule has 1 N–H and O–H groups in total. The number of halogens is 1. The van der Waals surface area contributed by atoms with E-state index in [1.54, 1.807) is 12.1 Å². The number of hydrogen-bond donors (Lipinski definition) is 1. The van der Waals surface area contributed by atoms with Gasteiger partial charge < -0.3 is 15.0 Å². The van der Waals surface area contributed by atoms with Gasteiger partial charge in [0.1, 0.15) is 5.82 Å². The molecule has 1 fully saturated rings. The number of hydrogen-bond acceptors (Lipinski definition) is 3. The molecule has 1 aromatic rings. The van der Waals surface area contributed by atoms with Gasteiger partial charge in [-0.1, -0.05) is 13.0 Å². The summed E-state index contributed by atoms with van der Waals surface area (Å²) >= 11 is 0. The Morgan fingerprint density at radius 1 is 1.48 bits per heavy atom. The van der Waals surface area contributed by atoms with Gasteiger partial charge in [-0.3, -0.25) is 0 Å². The third kappa shape index (κ3) is 3.38. The van der Waals surface area contributed by atoms with E-state index in [1.165, 1.54) is 5.56 Å². The first-order valence-electron chi connectivity index (χ1n) is 8.12. The molecule has 3 rings (SSSR count). The Balaban J connectivity index is 1.70.